The molecule has 1 unspecified atom stereocenters. The van der Waals surface area contributed by atoms with E-state index in [-0.39, 0.29) is 11.8 Å². The zero-order valence-electron chi connectivity index (χ0n) is 10.6. The minimum atomic E-state index is 0.00827. The van der Waals surface area contributed by atoms with Crippen LogP contribution in [-0.4, -0.2) is 29.1 Å². The molecule has 5 nitrogen and oxygen atoms in total. The number of nitrogens with two attached hydrogens (primary N) is 1. The van der Waals surface area contributed by atoms with Crippen LogP contribution in [0.15, 0.2) is 10.5 Å². The Morgan fingerprint density at radius 1 is 1.65 bits per heavy atom. The summed E-state index contributed by atoms with van der Waals surface area (Å²) in [5, 5.41) is 14.8. The van der Waals surface area contributed by atoms with Crippen LogP contribution in [0, 0.1) is 5.92 Å². The molecular formula is C11H20N4OS. The Morgan fingerprint density at radius 2 is 2.35 bits per heavy atom. The monoisotopic (exact) mass is 256 g/mol. The summed E-state index contributed by atoms with van der Waals surface area (Å²) in [6.07, 6.45) is 0.948. The Balaban J connectivity index is 2.71. The first-order valence-electron chi connectivity index (χ1n) is 5.79. The van der Waals surface area contributed by atoms with Gasteiger partial charge in [-0.3, -0.25) is 0 Å². The Morgan fingerprint density at radius 3 is 2.82 bits per heavy atom. The molecule has 0 radical (unpaired) electrons. The molecule has 6 heteroatoms. The second kappa shape index (κ2) is 6.44. The van der Waals surface area contributed by atoms with Crippen LogP contribution in [0.4, 0.5) is 5.13 Å². The summed E-state index contributed by atoms with van der Waals surface area (Å²) in [5.41, 5.74) is 6.70. The summed E-state index contributed by atoms with van der Waals surface area (Å²) in [7, 11) is 0. The molecule has 1 heterocycles. The van der Waals surface area contributed by atoms with Gasteiger partial charge >= 0.3 is 0 Å². The normalized spacial score (nSPS) is 13.7. The number of amidine groups is 1. The standard InChI is InChI=1S/C11H20N4OS/c1-4-9-7-17-11(13-9)15(5-2)6-8(3)10(12)14-16/h7-8,16H,4-6H2,1-3H3,(H2,12,14). The smallest absolute Gasteiger partial charge is 0.185 e. The fourth-order valence-electron chi connectivity index (χ4n) is 1.47. The third-order valence-electron chi connectivity index (χ3n) is 2.67. The zero-order chi connectivity index (χ0) is 12.8. The van der Waals surface area contributed by atoms with Crippen molar-refractivity contribution in [1.82, 2.24) is 4.98 Å². The van der Waals surface area contributed by atoms with E-state index >= 15 is 0 Å². The van der Waals surface area contributed by atoms with Gasteiger partial charge < -0.3 is 15.8 Å². The SMILES string of the molecule is CCc1csc(N(CC)CC(C)C(N)=NO)n1. The van der Waals surface area contributed by atoms with Gasteiger partial charge in [0.2, 0.25) is 0 Å². The maximum atomic E-state index is 8.63. The highest BCUT2D eigenvalue weighted by Gasteiger charge is 2.15. The van der Waals surface area contributed by atoms with Crippen molar-refractivity contribution in [2.24, 2.45) is 16.8 Å². The number of aromatic nitrogens is 1. The van der Waals surface area contributed by atoms with E-state index in [1.807, 2.05) is 6.92 Å². The second-order valence-corrected chi connectivity index (χ2v) is 4.78. The van der Waals surface area contributed by atoms with Crippen LogP contribution in [0.1, 0.15) is 26.5 Å². The van der Waals surface area contributed by atoms with E-state index in [2.05, 4.69) is 34.3 Å². The third-order valence-corrected chi connectivity index (χ3v) is 3.62. The number of hydrogen-bond donors (Lipinski definition) is 2. The largest absolute Gasteiger partial charge is 0.409 e. The van der Waals surface area contributed by atoms with E-state index in [0.717, 1.165) is 23.8 Å². The van der Waals surface area contributed by atoms with Crippen molar-refractivity contribution in [2.45, 2.75) is 27.2 Å². The first-order chi connectivity index (χ1) is 8.12. The van der Waals surface area contributed by atoms with Crippen LogP contribution in [0.25, 0.3) is 0 Å². The number of aryl methyl sites for hydroxylation is 1. The average Bonchev–Trinajstić information content (AvgIpc) is 2.83. The molecule has 0 saturated heterocycles. The lowest BCUT2D eigenvalue weighted by atomic mass is 10.1. The highest BCUT2D eigenvalue weighted by molar-refractivity contribution is 7.13. The van der Waals surface area contributed by atoms with Gasteiger partial charge in [-0.05, 0) is 13.3 Å². The second-order valence-electron chi connectivity index (χ2n) is 3.94. The highest BCUT2D eigenvalue weighted by atomic mass is 32.1. The molecular weight excluding hydrogens is 236 g/mol. The molecule has 0 spiro atoms. The van der Waals surface area contributed by atoms with Crippen molar-refractivity contribution in [2.75, 3.05) is 18.0 Å². The van der Waals surface area contributed by atoms with Gasteiger partial charge in [0.1, 0.15) is 5.84 Å². The summed E-state index contributed by atoms with van der Waals surface area (Å²) in [4.78, 5) is 6.68. The lowest BCUT2D eigenvalue weighted by Crippen LogP contribution is -2.34. The molecule has 96 valence electrons. The molecule has 1 rings (SSSR count). The van der Waals surface area contributed by atoms with Crippen LogP contribution in [0.3, 0.4) is 0 Å². The summed E-state index contributed by atoms with van der Waals surface area (Å²) in [6, 6.07) is 0. The van der Waals surface area contributed by atoms with Crippen molar-refractivity contribution in [3.05, 3.63) is 11.1 Å². The van der Waals surface area contributed by atoms with Crippen LogP contribution in [0.2, 0.25) is 0 Å². The van der Waals surface area contributed by atoms with Crippen LogP contribution in [0.5, 0.6) is 0 Å². The topological polar surface area (TPSA) is 74.7 Å². The summed E-state index contributed by atoms with van der Waals surface area (Å²) in [5.74, 6) is 0.268. The van der Waals surface area contributed by atoms with Crippen molar-refractivity contribution in [3.63, 3.8) is 0 Å². The molecule has 0 aliphatic heterocycles. The van der Waals surface area contributed by atoms with Gasteiger partial charge in [0.15, 0.2) is 5.13 Å². The molecule has 0 amide bonds. The maximum absolute atomic E-state index is 8.63. The molecule has 1 atom stereocenters. The molecule has 1 aromatic heterocycles. The summed E-state index contributed by atoms with van der Waals surface area (Å²) in [6.45, 7) is 7.68. The van der Waals surface area contributed by atoms with Gasteiger partial charge in [0.05, 0.1) is 5.69 Å². The molecule has 3 N–H and O–H groups in total. The number of oxime groups is 1. The molecule has 17 heavy (non-hydrogen) atoms. The summed E-state index contributed by atoms with van der Waals surface area (Å²) >= 11 is 1.64. The van der Waals surface area contributed by atoms with E-state index in [9.17, 15) is 0 Å². The van der Waals surface area contributed by atoms with E-state index in [4.69, 9.17) is 10.9 Å². The van der Waals surface area contributed by atoms with Crippen LogP contribution >= 0.6 is 11.3 Å². The van der Waals surface area contributed by atoms with Gasteiger partial charge in [-0.2, -0.15) is 0 Å². The van der Waals surface area contributed by atoms with Crippen LogP contribution in [-0.2, 0) is 6.42 Å². The number of hydrogen-bond acceptors (Lipinski definition) is 5. The van der Waals surface area contributed by atoms with Gasteiger partial charge in [0.25, 0.3) is 0 Å². The lowest BCUT2D eigenvalue weighted by Gasteiger charge is -2.23. The lowest BCUT2D eigenvalue weighted by molar-refractivity contribution is 0.314. The van der Waals surface area contributed by atoms with E-state index in [1.54, 1.807) is 11.3 Å². The summed E-state index contributed by atoms with van der Waals surface area (Å²) < 4.78 is 0. The van der Waals surface area contributed by atoms with E-state index < -0.39 is 0 Å². The van der Waals surface area contributed by atoms with Crippen LogP contribution < -0.4 is 10.6 Å². The van der Waals surface area contributed by atoms with E-state index in [0.29, 0.717) is 6.54 Å². The first kappa shape index (κ1) is 13.8. The van der Waals surface area contributed by atoms with Crippen molar-refractivity contribution in [3.8, 4) is 0 Å². The number of thiazole rings is 1. The van der Waals surface area contributed by atoms with Crippen molar-refractivity contribution in [1.29, 1.82) is 0 Å². The molecule has 0 bridgehead atoms. The fourth-order valence-corrected chi connectivity index (χ4v) is 2.45. The predicted molar refractivity (Wildman–Crippen MR) is 72.0 cm³/mol. The third kappa shape index (κ3) is 3.59. The predicted octanol–water partition coefficient (Wildman–Crippen LogP) is 1.91. The first-order valence-corrected chi connectivity index (χ1v) is 6.67. The quantitative estimate of drug-likeness (QED) is 0.353. The fraction of sp³-hybridized carbons (Fsp3) is 0.636. The van der Waals surface area contributed by atoms with Gasteiger partial charge in [0, 0.05) is 24.4 Å². The Bertz CT molecular complexity index is 377. The Kier molecular flexibility index (Phi) is 5.21. The van der Waals surface area contributed by atoms with Gasteiger partial charge in [-0.15, -0.1) is 11.3 Å². The molecule has 0 fully saturated rings. The Labute approximate surface area is 106 Å². The van der Waals surface area contributed by atoms with E-state index in [1.165, 1.54) is 0 Å². The number of rotatable bonds is 6. The molecule has 0 aliphatic carbocycles. The number of nitrogens with zero attached hydrogens (tertiary/aromatic N) is 3. The maximum Gasteiger partial charge on any atom is 0.185 e. The molecule has 1 aromatic rings. The molecule has 0 aliphatic rings. The minimum absolute atomic E-state index is 0.00827. The van der Waals surface area contributed by atoms with Gasteiger partial charge in [-0.1, -0.05) is 19.0 Å². The minimum Gasteiger partial charge on any atom is -0.409 e. The number of anilines is 1. The highest BCUT2D eigenvalue weighted by Crippen LogP contribution is 2.21. The van der Waals surface area contributed by atoms with Crippen molar-refractivity contribution < 1.29 is 5.21 Å². The molecule has 0 aromatic carbocycles. The zero-order valence-corrected chi connectivity index (χ0v) is 11.4. The average molecular weight is 256 g/mol. The van der Waals surface area contributed by atoms with Gasteiger partial charge in [-0.25, -0.2) is 4.98 Å². The molecule has 0 saturated carbocycles. The Hall–Kier alpha value is -1.30. The van der Waals surface area contributed by atoms with Crippen molar-refractivity contribution >= 4 is 22.3 Å².